The van der Waals surface area contributed by atoms with Crippen LogP contribution in [0.25, 0.3) is 0 Å². The Morgan fingerprint density at radius 3 is 2.47 bits per heavy atom. The van der Waals surface area contributed by atoms with E-state index in [0.717, 1.165) is 10.2 Å². The Balaban J connectivity index is 2.00. The molecule has 2 aromatic heterocycles. The number of nitrogens with zero attached hydrogens (tertiary/aromatic N) is 4. The number of aromatic nitrogens is 4. The molecule has 2 rings (SSSR count). The van der Waals surface area contributed by atoms with Crippen LogP contribution in [0.1, 0.15) is 16.8 Å². The Morgan fingerprint density at radius 1 is 1.16 bits per heavy atom. The maximum atomic E-state index is 12.8. The molecule has 0 radical (unpaired) electrons. The van der Waals surface area contributed by atoms with E-state index in [2.05, 4.69) is 15.5 Å². The third-order valence-corrected chi connectivity index (χ3v) is 2.69. The molecule has 0 saturated heterocycles. The fourth-order valence-corrected chi connectivity index (χ4v) is 1.88. The predicted molar refractivity (Wildman–Crippen MR) is 62.0 cm³/mol. The first-order valence-corrected chi connectivity index (χ1v) is 5.64. The van der Waals surface area contributed by atoms with Crippen molar-refractivity contribution in [1.82, 2.24) is 24.9 Å². The fourth-order valence-electron chi connectivity index (χ4n) is 1.88. The second kappa shape index (κ2) is 5.04. The lowest BCUT2D eigenvalue weighted by Gasteiger charge is -2.10. The molecule has 0 saturated carbocycles. The minimum atomic E-state index is -4.39. The van der Waals surface area contributed by atoms with Crippen LogP contribution in [0.15, 0.2) is 18.6 Å². The van der Waals surface area contributed by atoms with E-state index in [-0.39, 0.29) is 12.1 Å². The molecule has 0 aliphatic heterocycles. The van der Waals surface area contributed by atoms with Crippen LogP contribution in [-0.2, 0) is 33.4 Å². The Morgan fingerprint density at radius 2 is 1.89 bits per heavy atom. The number of hydrogen-bond donors (Lipinski definition) is 1. The Kier molecular flexibility index (Phi) is 3.61. The van der Waals surface area contributed by atoms with Crippen molar-refractivity contribution in [3.05, 3.63) is 35.4 Å². The average molecular weight is 273 g/mol. The third kappa shape index (κ3) is 3.14. The first-order valence-electron chi connectivity index (χ1n) is 5.64. The van der Waals surface area contributed by atoms with E-state index in [0.29, 0.717) is 6.54 Å². The molecule has 8 heteroatoms. The van der Waals surface area contributed by atoms with Crippen LogP contribution in [0.4, 0.5) is 13.2 Å². The molecule has 0 aliphatic carbocycles. The van der Waals surface area contributed by atoms with Crippen molar-refractivity contribution in [3.8, 4) is 0 Å². The van der Waals surface area contributed by atoms with E-state index in [9.17, 15) is 13.2 Å². The van der Waals surface area contributed by atoms with Gasteiger partial charge in [0, 0.05) is 44.5 Å². The minimum absolute atomic E-state index is 0.109. The number of aryl methyl sites for hydroxylation is 2. The predicted octanol–water partition coefficient (Wildman–Crippen LogP) is 1.46. The SMILES string of the molecule is Cn1cc(CNCc2cnn(C)c2C(F)(F)F)cn1. The molecule has 0 spiro atoms. The molecule has 5 nitrogen and oxygen atoms in total. The maximum Gasteiger partial charge on any atom is 0.433 e. The van der Waals surface area contributed by atoms with E-state index >= 15 is 0 Å². The van der Waals surface area contributed by atoms with Crippen LogP contribution < -0.4 is 5.32 Å². The first-order chi connectivity index (χ1) is 8.88. The number of rotatable bonds is 4. The van der Waals surface area contributed by atoms with Crippen molar-refractivity contribution < 1.29 is 13.2 Å². The van der Waals surface area contributed by atoms with Crippen LogP contribution in [0.2, 0.25) is 0 Å². The van der Waals surface area contributed by atoms with Crippen LogP contribution in [0.3, 0.4) is 0 Å². The van der Waals surface area contributed by atoms with E-state index < -0.39 is 11.9 Å². The fraction of sp³-hybridized carbons (Fsp3) is 0.455. The van der Waals surface area contributed by atoms with Gasteiger partial charge >= 0.3 is 6.18 Å². The summed E-state index contributed by atoms with van der Waals surface area (Å²) in [6.07, 6.45) is 0.317. The number of alkyl halides is 3. The van der Waals surface area contributed by atoms with Crippen molar-refractivity contribution in [1.29, 1.82) is 0 Å². The lowest BCUT2D eigenvalue weighted by molar-refractivity contribution is -0.144. The van der Waals surface area contributed by atoms with Gasteiger partial charge in [-0.1, -0.05) is 0 Å². The highest BCUT2D eigenvalue weighted by Gasteiger charge is 2.36. The molecule has 0 bridgehead atoms. The van der Waals surface area contributed by atoms with Crippen molar-refractivity contribution in [3.63, 3.8) is 0 Å². The smallest absolute Gasteiger partial charge is 0.308 e. The van der Waals surface area contributed by atoms with E-state index in [1.165, 1.54) is 13.2 Å². The molecule has 1 N–H and O–H groups in total. The van der Waals surface area contributed by atoms with Gasteiger partial charge in [0.15, 0.2) is 0 Å². The van der Waals surface area contributed by atoms with Crippen LogP contribution >= 0.6 is 0 Å². The quantitative estimate of drug-likeness (QED) is 0.917. The highest BCUT2D eigenvalue weighted by atomic mass is 19.4. The summed E-state index contributed by atoms with van der Waals surface area (Å²) in [5.41, 5.74) is 0.338. The van der Waals surface area contributed by atoms with Gasteiger partial charge in [0.2, 0.25) is 0 Å². The number of hydrogen-bond acceptors (Lipinski definition) is 3. The molecule has 2 aromatic rings. The van der Waals surface area contributed by atoms with Gasteiger partial charge in [0.1, 0.15) is 5.69 Å². The molecule has 2 heterocycles. The standard InChI is InChI=1S/C11H14F3N5/c1-18-7-8(4-16-18)3-15-5-9-6-17-19(2)10(9)11(12,13)14/h4,6-7,15H,3,5H2,1-2H3. The third-order valence-electron chi connectivity index (χ3n) is 2.69. The summed E-state index contributed by atoms with van der Waals surface area (Å²) < 4.78 is 40.9. The van der Waals surface area contributed by atoms with E-state index in [1.54, 1.807) is 24.1 Å². The van der Waals surface area contributed by atoms with Gasteiger partial charge in [-0.25, -0.2) is 0 Å². The maximum absolute atomic E-state index is 12.8. The molecular formula is C11H14F3N5. The highest BCUT2D eigenvalue weighted by Crippen LogP contribution is 2.31. The van der Waals surface area contributed by atoms with E-state index in [1.807, 2.05) is 0 Å². The van der Waals surface area contributed by atoms with Crippen LogP contribution in [0.5, 0.6) is 0 Å². The Bertz CT molecular complexity index is 555. The lowest BCUT2D eigenvalue weighted by atomic mass is 10.2. The van der Waals surface area contributed by atoms with Crippen molar-refractivity contribution >= 4 is 0 Å². The Labute approximate surface area is 108 Å². The molecular weight excluding hydrogens is 259 g/mol. The summed E-state index contributed by atoms with van der Waals surface area (Å²) in [4.78, 5) is 0. The highest BCUT2D eigenvalue weighted by molar-refractivity contribution is 5.20. The number of halogens is 3. The van der Waals surface area contributed by atoms with Crippen molar-refractivity contribution in [2.45, 2.75) is 19.3 Å². The zero-order chi connectivity index (χ0) is 14.0. The van der Waals surface area contributed by atoms with Gasteiger partial charge in [0.25, 0.3) is 0 Å². The molecule has 0 atom stereocenters. The normalized spacial score (nSPS) is 12.1. The monoisotopic (exact) mass is 273 g/mol. The summed E-state index contributed by atoms with van der Waals surface area (Å²) in [5.74, 6) is 0. The van der Waals surface area contributed by atoms with E-state index in [4.69, 9.17) is 0 Å². The van der Waals surface area contributed by atoms with Gasteiger partial charge in [-0.2, -0.15) is 23.4 Å². The summed E-state index contributed by atoms with van der Waals surface area (Å²) in [5, 5.41) is 10.6. The van der Waals surface area contributed by atoms with Gasteiger partial charge in [-0.15, -0.1) is 0 Å². The zero-order valence-corrected chi connectivity index (χ0v) is 10.6. The average Bonchev–Trinajstić information content (AvgIpc) is 2.85. The summed E-state index contributed by atoms with van der Waals surface area (Å²) in [6, 6.07) is 0. The van der Waals surface area contributed by atoms with Gasteiger partial charge in [0.05, 0.1) is 12.4 Å². The van der Waals surface area contributed by atoms with Gasteiger partial charge < -0.3 is 5.32 Å². The molecule has 0 aliphatic rings. The Hall–Kier alpha value is -1.83. The van der Waals surface area contributed by atoms with Crippen molar-refractivity contribution in [2.24, 2.45) is 14.1 Å². The van der Waals surface area contributed by atoms with Gasteiger partial charge in [-0.05, 0) is 0 Å². The molecule has 0 aromatic carbocycles. The summed E-state index contributed by atoms with van der Waals surface area (Å²) in [7, 11) is 3.07. The molecule has 104 valence electrons. The van der Waals surface area contributed by atoms with Crippen LogP contribution in [0, 0.1) is 0 Å². The molecule has 0 amide bonds. The van der Waals surface area contributed by atoms with Gasteiger partial charge in [-0.3, -0.25) is 9.36 Å². The van der Waals surface area contributed by atoms with Crippen molar-refractivity contribution in [2.75, 3.05) is 0 Å². The summed E-state index contributed by atoms with van der Waals surface area (Å²) in [6.45, 7) is 0.567. The van der Waals surface area contributed by atoms with Crippen LogP contribution in [-0.4, -0.2) is 19.6 Å². The molecule has 0 unspecified atom stereocenters. The number of nitrogens with one attached hydrogen (secondary N) is 1. The first kappa shape index (κ1) is 13.6. The lowest BCUT2D eigenvalue weighted by Crippen LogP contribution is -2.18. The summed E-state index contributed by atoms with van der Waals surface area (Å²) >= 11 is 0. The second-order valence-corrected chi connectivity index (χ2v) is 4.27. The zero-order valence-electron chi connectivity index (χ0n) is 10.6. The second-order valence-electron chi connectivity index (χ2n) is 4.27. The topological polar surface area (TPSA) is 47.7 Å². The molecule has 0 fully saturated rings. The minimum Gasteiger partial charge on any atom is -0.308 e. The molecule has 19 heavy (non-hydrogen) atoms. The largest absolute Gasteiger partial charge is 0.433 e.